The maximum Gasteiger partial charge on any atom is 0.220 e. The lowest BCUT2D eigenvalue weighted by atomic mass is 9.65. The van der Waals surface area contributed by atoms with E-state index in [9.17, 15) is 9.59 Å². The summed E-state index contributed by atoms with van der Waals surface area (Å²) < 4.78 is 0. The number of nitrogens with zero attached hydrogens (tertiary/aromatic N) is 1. The summed E-state index contributed by atoms with van der Waals surface area (Å²) >= 11 is 0. The van der Waals surface area contributed by atoms with Gasteiger partial charge in [0.25, 0.3) is 0 Å². The van der Waals surface area contributed by atoms with Crippen LogP contribution >= 0.6 is 0 Å². The van der Waals surface area contributed by atoms with E-state index in [2.05, 4.69) is 11.8 Å². The van der Waals surface area contributed by atoms with Crippen molar-refractivity contribution in [3.05, 3.63) is 0 Å². The van der Waals surface area contributed by atoms with E-state index in [-0.39, 0.29) is 17.7 Å². The van der Waals surface area contributed by atoms with Gasteiger partial charge in [-0.1, -0.05) is 40.0 Å². The van der Waals surface area contributed by atoms with Crippen LogP contribution in [0.2, 0.25) is 0 Å². The second-order valence-corrected chi connectivity index (χ2v) is 9.50. The van der Waals surface area contributed by atoms with Crippen molar-refractivity contribution in [2.75, 3.05) is 19.6 Å². The maximum atomic E-state index is 11.5. The Kier molecular flexibility index (Phi) is 8.78. The van der Waals surface area contributed by atoms with Crippen LogP contribution in [0, 0.1) is 23.2 Å². The number of carbonyl (C=O) groups excluding carboxylic acids is 2. The minimum absolute atomic E-state index is 0.0826. The molecule has 0 bridgehead atoms. The first-order chi connectivity index (χ1) is 12.9. The SMILES string of the molecule is CC(C)C(=O)C1CCCCC1.CCN1CCC2(CCC(C(N)=O)CC2)CC1. The molecule has 2 saturated carbocycles. The van der Waals surface area contributed by atoms with Crippen LogP contribution in [-0.4, -0.2) is 36.2 Å². The zero-order chi connectivity index (χ0) is 19.9. The highest BCUT2D eigenvalue weighted by atomic mass is 16.1. The van der Waals surface area contributed by atoms with Gasteiger partial charge in [-0.3, -0.25) is 9.59 Å². The first kappa shape index (κ1) is 22.4. The summed E-state index contributed by atoms with van der Waals surface area (Å²) in [6.07, 6.45) is 13.3. The molecule has 1 heterocycles. The lowest BCUT2D eigenvalue weighted by molar-refractivity contribution is -0.126. The van der Waals surface area contributed by atoms with Crippen LogP contribution in [0.3, 0.4) is 0 Å². The fourth-order valence-corrected chi connectivity index (χ4v) is 5.22. The van der Waals surface area contributed by atoms with Crippen molar-refractivity contribution in [1.82, 2.24) is 4.90 Å². The highest BCUT2D eigenvalue weighted by Gasteiger charge is 2.38. The van der Waals surface area contributed by atoms with Gasteiger partial charge in [0.15, 0.2) is 0 Å². The molecule has 1 saturated heterocycles. The van der Waals surface area contributed by atoms with Gasteiger partial charge < -0.3 is 10.6 Å². The van der Waals surface area contributed by atoms with Crippen LogP contribution in [0.25, 0.3) is 0 Å². The van der Waals surface area contributed by atoms with Gasteiger partial charge in [0.1, 0.15) is 5.78 Å². The number of piperidine rings is 1. The van der Waals surface area contributed by atoms with Gasteiger partial charge in [-0.15, -0.1) is 0 Å². The van der Waals surface area contributed by atoms with Crippen molar-refractivity contribution < 1.29 is 9.59 Å². The topological polar surface area (TPSA) is 63.4 Å². The van der Waals surface area contributed by atoms with Crippen LogP contribution < -0.4 is 5.73 Å². The van der Waals surface area contributed by atoms with Gasteiger partial charge in [0.05, 0.1) is 0 Å². The molecular weight excluding hydrogens is 336 g/mol. The Morgan fingerprint density at radius 3 is 1.93 bits per heavy atom. The Morgan fingerprint density at radius 1 is 0.926 bits per heavy atom. The number of primary amides is 1. The number of carbonyl (C=O) groups is 2. The zero-order valence-corrected chi connectivity index (χ0v) is 18.0. The smallest absolute Gasteiger partial charge is 0.220 e. The number of hydrogen-bond donors (Lipinski definition) is 1. The molecule has 0 unspecified atom stereocenters. The van der Waals surface area contributed by atoms with Gasteiger partial charge in [0, 0.05) is 17.8 Å². The van der Waals surface area contributed by atoms with Crippen molar-refractivity contribution >= 4 is 11.7 Å². The van der Waals surface area contributed by atoms with Gasteiger partial charge in [-0.05, 0) is 76.4 Å². The molecule has 27 heavy (non-hydrogen) atoms. The molecule has 0 aromatic heterocycles. The molecule has 0 atom stereocenters. The number of amides is 1. The highest BCUT2D eigenvalue weighted by molar-refractivity contribution is 5.82. The molecule has 3 aliphatic rings. The Balaban J connectivity index is 0.000000208. The standard InChI is InChI=1S/C13H24N2O.C10H18O/c1-2-15-9-7-13(8-10-15)5-3-11(4-6-13)12(14)16;1-8(2)10(11)9-6-4-3-5-7-9/h11H,2-10H2,1H3,(H2,14,16);8-9H,3-7H2,1-2H3. The van der Waals surface area contributed by atoms with Gasteiger partial charge in [-0.25, -0.2) is 0 Å². The van der Waals surface area contributed by atoms with Crippen LogP contribution in [-0.2, 0) is 9.59 Å². The molecule has 1 spiro atoms. The van der Waals surface area contributed by atoms with Gasteiger partial charge in [-0.2, -0.15) is 0 Å². The Morgan fingerprint density at radius 2 is 1.48 bits per heavy atom. The molecule has 1 aliphatic heterocycles. The fraction of sp³-hybridized carbons (Fsp3) is 0.913. The van der Waals surface area contributed by atoms with E-state index in [0.29, 0.717) is 17.1 Å². The number of Topliss-reactive ketones (excluding diaryl/α,β-unsaturated/α-hetero) is 1. The number of nitrogens with two attached hydrogens (primary N) is 1. The number of ketones is 1. The third-order valence-electron chi connectivity index (χ3n) is 7.39. The van der Waals surface area contributed by atoms with Gasteiger partial charge in [0.2, 0.25) is 5.91 Å². The lowest BCUT2D eigenvalue weighted by Crippen LogP contribution is -2.42. The number of hydrogen-bond acceptors (Lipinski definition) is 3. The monoisotopic (exact) mass is 378 g/mol. The first-order valence-corrected chi connectivity index (χ1v) is 11.4. The third kappa shape index (κ3) is 6.58. The van der Waals surface area contributed by atoms with Crippen LogP contribution in [0.4, 0.5) is 0 Å². The minimum atomic E-state index is -0.0826. The van der Waals surface area contributed by atoms with Crippen LogP contribution in [0.1, 0.15) is 91.4 Å². The molecule has 0 aromatic carbocycles. The summed E-state index contributed by atoms with van der Waals surface area (Å²) in [4.78, 5) is 25.2. The molecule has 3 rings (SSSR count). The molecular formula is C23H42N2O2. The molecule has 4 nitrogen and oxygen atoms in total. The summed E-state index contributed by atoms with van der Waals surface area (Å²) in [5.74, 6) is 1.22. The van der Waals surface area contributed by atoms with Crippen molar-refractivity contribution in [2.45, 2.75) is 91.4 Å². The average molecular weight is 379 g/mol. The highest BCUT2D eigenvalue weighted by Crippen LogP contribution is 2.46. The molecule has 3 fully saturated rings. The average Bonchev–Trinajstić information content (AvgIpc) is 2.69. The molecule has 0 radical (unpaired) electrons. The van der Waals surface area contributed by atoms with Crippen molar-refractivity contribution in [3.63, 3.8) is 0 Å². The quantitative estimate of drug-likeness (QED) is 0.780. The molecule has 1 amide bonds. The van der Waals surface area contributed by atoms with E-state index in [1.165, 1.54) is 64.6 Å². The fourth-order valence-electron chi connectivity index (χ4n) is 5.22. The molecule has 4 heteroatoms. The minimum Gasteiger partial charge on any atom is -0.369 e. The largest absolute Gasteiger partial charge is 0.369 e. The lowest BCUT2D eigenvalue weighted by Gasteiger charge is -2.45. The van der Waals surface area contributed by atoms with Crippen LogP contribution in [0.5, 0.6) is 0 Å². The Bertz CT molecular complexity index is 465. The summed E-state index contributed by atoms with van der Waals surface area (Å²) in [5.41, 5.74) is 5.93. The van der Waals surface area contributed by atoms with E-state index >= 15 is 0 Å². The maximum absolute atomic E-state index is 11.5. The van der Waals surface area contributed by atoms with Gasteiger partial charge >= 0.3 is 0 Å². The Hall–Kier alpha value is -0.900. The zero-order valence-electron chi connectivity index (χ0n) is 18.0. The van der Waals surface area contributed by atoms with Crippen molar-refractivity contribution in [3.8, 4) is 0 Å². The molecule has 0 aromatic rings. The van der Waals surface area contributed by atoms with Crippen LogP contribution in [0.15, 0.2) is 0 Å². The summed E-state index contributed by atoms with van der Waals surface area (Å²) in [6.45, 7) is 9.94. The Labute approximate surface area is 166 Å². The number of likely N-dealkylation sites (tertiary alicyclic amines) is 1. The molecule has 2 N–H and O–H groups in total. The third-order valence-corrected chi connectivity index (χ3v) is 7.39. The van der Waals surface area contributed by atoms with E-state index in [4.69, 9.17) is 5.73 Å². The van der Waals surface area contributed by atoms with Crippen molar-refractivity contribution in [2.24, 2.45) is 28.9 Å². The summed E-state index contributed by atoms with van der Waals surface area (Å²) in [7, 11) is 0. The summed E-state index contributed by atoms with van der Waals surface area (Å²) in [5, 5.41) is 0. The van der Waals surface area contributed by atoms with E-state index < -0.39 is 0 Å². The number of rotatable bonds is 4. The van der Waals surface area contributed by atoms with E-state index in [1.807, 2.05) is 13.8 Å². The predicted octanol–water partition coefficient (Wildman–Crippen LogP) is 4.56. The summed E-state index contributed by atoms with van der Waals surface area (Å²) in [6, 6.07) is 0. The van der Waals surface area contributed by atoms with Crippen molar-refractivity contribution in [1.29, 1.82) is 0 Å². The second-order valence-electron chi connectivity index (χ2n) is 9.50. The predicted molar refractivity (Wildman–Crippen MR) is 111 cm³/mol. The molecule has 156 valence electrons. The normalized spacial score (nSPS) is 24.4. The van der Waals surface area contributed by atoms with E-state index in [0.717, 1.165) is 25.7 Å². The molecule has 2 aliphatic carbocycles. The second kappa shape index (κ2) is 10.6. The first-order valence-electron chi connectivity index (χ1n) is 11.4. The van der Waals surface area contributed by atoms with E-state index in [1.54, 1.807) is 0 Å².